The molecule has 0 aromatic heterocycles. The maximum absolute atomic E-state index is 2.39. The van der Waals surface area contributed by atoms with E-state index in [2.05, 4.69) is 158 Å². The van der Waals surface area contributed by atoms with Gasteiger partial charge in [-0.15, -0.1) is 0 Å². The maximum atomic E-state index is 2.39. The van der Waals surface area contributed by atoms with Gasteiger partial charge in [-0.1, -0.05) is 146 Å². The normalized spacial score (nSPS) is 12.1. The molecule has 0 bridgehead atoms. The van der Waals surface area contributed by atoms with E-state index in [1.165, 1.54) is 88.0 Å². The third-order valence-corrected chi connectivity index (χ3v) is 9.25. The number of rotatable bonds is 3. The van der Waals surface area contributed by atoms with E-state index in [9.17, 15) is 0 Å². The highest BCUT2D eigenvalue weighted by atomic mass is 14.2. The molecule has 0 heterocycles. The van der Waals surface area contributed by atoms with Gasteiger partial charge in [-0.2, -0.15) is 0 Å². The summed E-state index contributed by atoms with van der Waals surface area (Å²) < 4.78 is 0. The molecule has 43 heavy (non-hydrogen) atoms. The monoisotopic (exact) mass is 544 g/mol. The first-order chi connectivity index (χ1) is 21.3. The molecule has 0 N–H and O–H groups in total. The predicted octanol–water partition coefficient (Wildman–Crippen LogP) is 11.7. The highest BCUT2D eigenvalue weighted by Gasteiger charge is 2.20. The first-order valence-corrected chi connectivity index (χ1v) is 15.1. The molecule has 0 nitrogen and oxygen atoms in total. The smallest absolute Gasteiger partial charge is 0.00132 e. The van der Waals surface area contributed by atoms with E-state index >= 15 is 0 Å². The van der Waals surface area contributed by atoms with E-state index in [1.54, 1.807) is 0 Å². The standard InChI is InChI=1S/C43H28/c1-2-10-29(11-3-1)42-36-14-6-8-16-38(36)43(39-17-9-7-15-37(39)42)30-20-18-28(19-21-30)33-22-23-34-25-35-24-31-12-4-5-13-32(31)26-41(35)40(34)27-33/h1-24,26-27H,25H2. The van der Waals surface area contributed by atoms with Crippen LogP contribution in [-0.4, -0.2) is 0 Å². The molecule has 0 heteroatoms. The zero-order chi connectivity index (χ0) is 28.3. The Morgan fingerprint density at radius 1 is 0.302 bits per heavy atom. The van der Waals surface area contributed by atoms with Gasteiger partial charge in [-0.25, -0.2) is 0 Å². The summed E-state index contributed by atoms with van der Waals surface area (Å²) in [5.41, 5.74) is 13.2. The van der Waals surface area contributed by atoms with E-state index in [0.717, 1.165) is 6.42 Å². The Labute approximate surface area is 251 Å². The van der Waals surface area contributed by atoms with E-state index < -0.39 is 0 Å². The number of benzene rings is 8. The summed E-state index contributed by atoms with van der Waals surface area (Å²) in [5, 5.41) is 7.78. The Bertz CT molecular complexity index is 2280. The predicted molar refractivity (Wildman–Crippen MR) is 184 cm³/mol. The van der Waals surface area contributed by atoms with Gasteiger partial charge in [0, 0.05) is 0 Å². The second kappa shape index (κ2) is 9.54. The van der Waals surface area contributed by atoms with Gasteiger partial charge in [0.25, 0.3) is 0 Å². The Morgan fingerprint density at radius 2 is 0.767 bits per heavy atom. The van der Waals surface area contributed by atoms with Crippen LogP contribution in [0.2, 0.25) is 0 Å². The molecule has 0 radical (unpaired) electrons. The molecular weight excluding hydrogens is 516 g/mol. The van der Waals surface area contributed by atoms with Crippen LogP contribution in [0.25, 0.3) is 76.8 Å². The van der Waals surface area contributed by atoms with Crippen LogP contribution in [0, 0.1) is 0 Å². The summed E-state index contributed by atoms with van der Waals surface area (Å²) >= 11 is 0. The van der Waals surface area contributed by atoms with Gasteiger partial charge in [0.15, 0.2) is 0 Å². The quantitative estimate of drug-likeness (QED) is 0.194. The molecule has 8 aromatic carbocycles. The molecule has 0 fully saturated rings. The molecule has 0 unspecified atom stereocenters. The van der Waals surface area contributed by atoms with Crippen LogP contribution in [0.5, 0.6) is 0 Å². The lowest BCUT2D eigenvalue weighted by Gasteiger charge is -2.18. The molecule has 1 aliphatic rings. The van der Waals surface area contributed by atoms with Crippen molar-refractivity contribution >= 4 is 32.3 Å². The van der Waals surface area contributed by atoms with E-state index in [0.29, 0.717) is 0 Å². The fourth-order valence-corrected chi connectivity index (χ4v) is 7.24. The summed E-state index contributed by atoms with van der Waals surface area (Å²) in [5.74, 6) is 0. The largest absolute Gasteiger partial charge is 0.0622 e. The van der Waals surface area contributed by atoms with Crippen LogP contribution in [0.4, 0.5) is 0 Å². The van der Waals surface area contributed by atoms with Crippen molar-refractivity contribution in [1.29, 1.82) is 0 Å². The third kappa shape index (κ3) is 3.84. The lowest BCUT2D eigenvalue weighted by molar-refractivity contribution is 1.27. The Hall–Kier alpha value is -5.46. The molecule has 0 amide bonds. The maximum Gasteiger partial charge on any atom is -0.00132 e. The molecule has 0 atom stereocenters. The van der Waals surface area contributed by atoms with Crippen molar-refractivity contribution in [3.05, 3.63) is 169 Å². The fourth-order valence-electron chi connectivity index (χ4n) is 7.24. The molecule has 9 rings (SSSR count). The Morgan fingerprint density at radius 3 is 1.40 bits per heavy atom. The van der Waals surface area contributed by atoms with E-state index in [4.69, 9.17) is 0 Å². The van der Waals surface area contributed by atoms with Crippen LogP contribution in [0.1, 0.15) is 11.1 Å². The summed E-state index contributed by atoms with van der Waals surface area (Å²) in [6, 6.07) is 58.2. The van der Waals surface area contributed by atoms with Crippen LogP contribution in [0.3, 0.4) is 0 Å². The molecule has 200 valence electrons. The highest BCUT2D eigenvalue weighted by Crippen LogP contribution is 2.44. The fraction of sp³-hybridized carbons (Fsp3) is 0.0233. The first kappa shape index (κ1) is 24.2. The van der Waals surface area contributed by atoms with Crippen LogP contribution >= 0.6 is 0 Å². The zero-order valence-corrected chi connectivity index (χ0v) is 23.7. The van der Waals surface area contributed by atoms with Gasteiger partial charge in [0.05, 0.1) is 0 Å². The average Bonchev–Trinajstić information content (AvgIpc) is 3.43. The first-order valence-electron chi connectivity index (χ1n) is 15.1. The van der Waals surface area contributed by atoms with Gasteiger partial charge in [-0.05, 0) is 107 Å². The molecule has 0 aliphatic heterocycles. The molecule has 0 saturated carbocycles. The third-order valence-electron chi connectivity index (χ3n) is 9.25. The topological polar surface area (TPSA) is 0 Å². The lowest BCUT2D eigenvalue weighted by Crippen LogP contribution is -1.90. The van der Waals surface area contributed by atoms with Gasteiger partial charge in [-0.3, -0.25) is 0 Å². The second-order valence-electron chi connectivity index (χ2n) is 11.7. The van der Waals surface area contributed by atoms with Gasteiger partial charge in [0.2, 0.25) is 0 Å². The van der Waals surface area contributed by atoms with Crippen molar-refractivity contribution < 1.29 is 0 Å². The minimum absolute atomic E-state index is 1.01. The Balaban J connectivity index is 1.17. The molecule has 8 aromatic rings. The van der Waals surface area contributed by atoms with Gasteiger partial charge < -0.3 is 0 Å². The Kier molecular flexibility index (Phi) is 5.36. The molecular formula is C43H28. The summed E-state index contributed by atoms with van der Waals surface area (Å²) in [7, 11) is 0. The van der Waals surface area contributed by atoms with Crippen molar-refractivity contribution in [3.63, 3.8) is 0 Å². The van der Waals surface area contributed by atoms with Crippen molar-refractivity contribution in [3.8, 4) is 44.5 Å². The second-order valence-corrected chi connectivity index (χ2v) is 11.7. The summed E-state index contributed by atoms with van der Waals surface area (Å²) in [6.45, 7) is 0. The summed E-state index contributed by atoms with van der Waals surface area (Å²) in [6.07, 6.45) is 1.01. The van der Waals surface area contributed by atoms with Crippen LogP contribution < -0.4 is 0 Å². The van der Waals surface area contributed by atoms with E-state index in [1.807, 2.05) is 0 Å². The van der Waals surface area contributed by atoms with E-state index in [-0.39, 0.29) is 0 Å². The van der Waals surface area contributed by atoms with Crippen LogP contribution in [0.15, 0.2) is 158 Å². The average molecular weight is 545 g/mol. The van der Waals surface area contributed by atoms with Crippen molar-refractivity contribution in [2.75, 3.05) is 0 Å². The van der Waals surface area contributed by atoms with Crippen LogP contribution in [-0.2, 0) is 6.42 Å². The molecule has 0 saturated heterocycles. The molecule has 0 spiro atoms. The number of fused-ring (bicyclic) bond motifs is 6. The van der Waals surface area contributed by atoms with Crippen molar-refractivity contribution in [2.45, 2.75) is 6.42 Å². The number of hydrogen-bond donors (Lipinski definition) is 0. The summed E-state index contributed by atoms with van der Waals surface area (Å²) in [4.78, 5) is 0. The number of hydrogen-bond acceptors (Lipinski definition) is 0. The zero-order valence-electron chi connectivity index (χ0n) is 23.7. The highest BCUT2D eigenvalue weighted by molar-refractivity contribution is 6.21. The molecule has 1 aliphatic carbocycles. The van der Waals surface area contributed by atoms with Crippen molar-refractivity contribution in [2.24, 2.45) is 0 Å². The van der Waals surface area contributed by atoms with Crippen molar-refractivity contribution in [1.82, 2.24) is 0 Å². The minimum atomic E-state index is 1.01. The van der Waals surface area contributed by atoms with Gasteiger partial charge in [0.1, 0.15) is 0 Å². The van der Waals surface area contributed by atoms with Gasteiger partial charge >= 0.3 is 0 Å². The SMILES string of the molecule is c1ccc(-c2c3ccccc3c(-c3ccc(-c4ccc5c(c4)-c4cc6ccccc6cc4C5)cc3)c3ccccc23)cc1. The lowest BCUT2D eigenvalue weighted by atomic mass is 9.85. The minimum Gasteiger partial charge on any atom is -0.0622 e.